The Balaban J connectivity index is 2.94. The van der Waals surface area contributed by atoms with Gasteiger partial charge in [0.1, 0.15) is 6.10 Å². The molecule has 2 atom stereocenters. The summed E-state index contributed by atoms with van der Waals surface area (Å²) in [6.07, 6.45) is -0.760. The van der Waals surface area contributed by atoms with Crippen LogP contribution in [-0.2, 0) is 14.3 Å². The molecule has 6 nitrogen and oxygen atoms in total. The minimum atomic E-state index is -1.33. The normalized spacial score (nSPS) is 13.9. The summed E-state index contributed by atoms with van der Waals surface area (Å²) in [4.78, 5) is 21.6. The number of hydrogen-bond donors (Lipinski definition) is 3. The molecule has 0 aliphatic carbocycles. The van der Waals surface area contributed by atoms with E-state index in [0.717, 1.165) is 6.08 Å². The smallest absolute Gasteiger partial charge is 0.328 e. The SMILES string of the molecule is COC(=O)CC(O)C(O)c1ccccc1/C=C/C(=O)O. The summed E-state index contributed by atoms with van der Waals surface area (Å²) in [6, 6.07) is 6.46. The number of aliphatic carboxylic acids is 1. The number of rotatable bonds is 6. The molecule has 0 aliphatic rings. The second-order valence-electron chi connectivity index (χ2n) is 4.09. The number of esters is 1. The average molecular weight is 280 g/mol. The lowest BCUT2D eigenvalue weighted by molar-refractivity contribution is -0.144. The molecule has 0 amide bonds. The van der Waals surface area contributed by atoms with Crippen LogP contribution in [0.3, 0.4) is 0 Å². The lowest BCUT2D eigenvalue weighted by Gasteiger charge is -2.19. The first-order valence-electron chi connectivity index (χ1n) is 5.88. The molecule has 0 saturated carbocycles. The Morgan fingerprint density at radius 3 is 2.55 bits per heavy atom. The molecule has 108 valence electrons. The van der Waals surface area contributed by atoms with Gasteiger partial charge in [0.15, 0.2) is 0 Å². The van der Waals surface area contributed by atoms with Crippen LogP contribution in [0.4, 0.5) is 0 Å². The van der Waals surface area contributed by atoms with Crippen LogP contribution in [0.2, 0.25) is 0 Å². The molecule has 0 aromatic heterocycles. The van der Waals surface area contributed by atoms with Crippen LogP contribution < -0.4 is 0 Å². The Kier molecular flexibility index (Phi) is 5.89. The fraction of sp³-hybridized carbons (Fsp3) is 0.286. The third kappa shape index (κ3) is 4.49. The summed E-state index contributed by atoms with van der Waals surface area (Å²) in [5, 5.41) is 28.4. The maximum Gasteiger partial charge on any atom is 0.328 e. The molecule has 3 N–H and O–H groups in total. The van der Waals surface area contributed by atoms with Gasteiger partial charge in [-0.3, -0.25) is 4.79 Å². The van der Waals surface area contributed by atoms with Crippen molar-refractivity contribution in [1.29, 1.82) is 0 Å². The van der Waals surface area contributed by atoms with Gasteiger partial charge in [-0.15, -0.1) is 0 Å². The number of carbonyl (C=O) groups is 2. The third-order valence-electron chi connectivity index (χ3n) is 2.69. The fourth-order valence-electron chi connectivity index (χ4n) is 1.67. The van der Waals surface area contributed by atoms with Gasteiger partial charge >= 0.3 is 11.9 Å². The van der Waals surface area contributed by atoms with Crippen molar-refractivity contribution in [2.45, 2.75) is 18.6 Å². The van der Waals surface area contributed by atoms with E-state index in [4.69, 9.17) is 5.11 Å². The number of aliphatic hydroxyl groups is 2. The van der Waals surface area contributed by atoms with E-state index in [1.165, 1.54) is 13.2 Å². The molecule has 6 heteroatoms. The Bertz CT molecular complexity index is 508. The Hall–Kier alpha value is -2.18. The monoisotopic (exact) mass is 280 g/mol. The highest BCUT2D eigenvalue weighted by Gasteiger charge is 2.23. The second kappa shape index (κ2) is 7.42. The molecule has 0 bridgehead atoms. The molecular formula is C14H16O6. The number of carbonyl (C=O) groups excluding carboxylic acids is 1. The van der Waals surface area contributed by atoms with E-state index in [1.807, 2.05) is 0 Å². The number of benzene rings is 1. The standard InChI is InChI=1S/C14H16O6/c1-20-13(18)8-11(15)14(19)10-5-3-2-4-9(10)6-7-12(16)17/h2-7,11,14-15,19H,8H2,1H3,(H,16,17)/b7-6+. The topological polar surface area (TPSA) is 104 Å². The van der Waals surface area contributed by atoms with E-state index in [2.05, 4.69) is 4.74 Å². The van der Waals surface area contributed by atoms with E-state index in [-0.39, 0.29) is 6.42 Å². The van der Waals surface area contributed by atoms with Crippen LogP contribution in [0.1, 0.15) is 23.7 Å². The minimum absolute atomic E-state index is 0.335. The molecule has 0 spiro atoms. The molecule has 2 unspecified atom stereocenters. The third-order valence-corrected chi connectivity index (χ3v) is 2.69. The van der Waals surface area contributed by atoms with Gasteiger partial charge in [0.25, 0.3) is 0 Å². The summed E-state index contributed by atoms with van der Waals surface area (Å²) in [5.41, 5.74) is 0.785. The van der Waals surface area contributed by atoms with Crippen LogP contribution in [0.15, 0.2) is 30.3 Å². The number of aliphatic hydroxyl groups excluding tert-OH is 2. The molecule has 0 aliphatic heterocycles. The maximum atomic E-state index is 11.1. The zero-order valence-electron chi connectivity index (χ0n) is 10.9. The van der Waals surface area contributed by atoms with Crippen molar-refractivity contribution < 1.29 is 29.6 Å². The molecule has 1 aromatic rings. The van der Waals surface area contributed by atoms with E-state index >= 15 is 0 Å². The zero-order valence-corrected chi connectivity index (χ0v) is 10.9. The summed E-state index contributed by atoms with van der Waals surface area (Å²) in [5.74, 6) is -1.76. The van der Waals surface area contributed by atoms with Crippen LogP contribution in [0.25, 0.3) is 6.08 Å². The fourth-order valence-corrected chi connectivity index (χ4v) is 1.67. The predicted molar refractivity (Wildman–Crippen MR) is 70.7 cm³/mol. The molecular weight excluding hydrogens is 264 g/mol. The van der Waals surface area contributed by atoms with E-state index in [1.54, 1.807) is 24.3 Å². The molecule has 1 rings (SSSR count). The molecule has 0 saturated heterocycles. The van der Waals surface area contributed by atoms with Crippen molar-refractivity contribution in [3.63, 3.8) is 0 Å². The van der Waals surface area contributed by atoms with E-state index in [0.29, 0.717) is 11.1 Å². The van der Waals surface area contributed by atoms with Crippen molar-refractivity contribution in [1.82, 2.24) is 0 Å². The number of carboxylic acid groups (broad SMARTS) is 1. The van der Waals surface area contributed by atoms with Crippen molar-refractivity contribution in [3.05, 3.63) is 41.5 Å². The van der Waals surface area contributed by atoms with Gasteiger partial charge < -0.3 is 20.1 Å². The maximum absolute atomic E-state index is 11.1. The number of hydrogen-bond acceptors (Lipinski definition) is 5. The minimum Gasteiger partial charge on any atom is -0.478 e. The Labute approximate surface area is 115 Å². The quantitative estimate of drug-likeness (QED) is 0.524. The predicted octanol–water partition coefficient (Wildman–Crippen LogP) is 0.742. The lowest BCUT2D eigenvalue weighted by Crippen LogP contribution is -2.23. The van der Waals surface area contributed by atoms with Crippen molar-refractivity contribution in [2.24, 2.45) is 0 Å². The molecule has 1 aromatic carbocycles. The lowest BCUT2D eigenvalue weighted by atomic mass is 9.97. The second-order valence-corrected chi connectivity index (χ2v) is 4.09. The van der Waals surface area contributed by atoms with Crippen molar-refractivity contribution in [3.8, 4) is 0 Å². The molecule has 0 radical (unpaired) electrons. The van der Waals surface area contributed by atoms with Crippen LogP contribution in [0.5, 0.6) is 0 Å². The first-order chi connectivity index (χ1) is 9.45. The summed E-state index contributed by atoms with van der Waals surface area (Å²) < 4.78 is 4.41. The summed E-state index contributed by atoms with van der Waals surface area (Å²) in [6.45, 7) is 0. The van der Waals surface area contributed by atoms with Crippen molar-refractivity contribution in [2.75, 3.05) is 7.11 Å². The Morgan fingerprint density at radius 1 is 1.30 bits per heavy atom. The summed E-state index contributed by atoms with van der Waals surface area (Å²) in [7, 11) is 1.19. The van der Waals surface area contributed by atoms with Gasteiger partial charge in [0.2, 0.25) is 0 Å². The van der Waals surface area contributed by atoms with Crippen LogP contribution >= 0.6 is 0 Å². The van der Waals surface area contributed by atoms with Gasteiger partial charge in [-0.2, -0.15) is 0 Å². The molecule has 20 heavy (non-hydrogen) atoms. The summed E-state index contributed by atoms with van der Waals surface area (Å²) >= 11 is 0. The zero-order chi connectivity index (χ0) is 15.1. The van der Waals surface area contributed by atoms with E-state index < -0.39 is 24.1 Å². The van der Waals surface area contributed by atoms with Gasteiger partial charge in [0.05, 0.1) is 19.6 Å². The number of carboxylic acids is 1. The largest absolute Gasteiger partial charge is 0.478 e. The van der Waals surface area contributed by atoms with Gasteiger partial charge in [-0.25, -0.2) is 4.79 Å². The highest BCUT2D eigenvalue weighted by Crippen LogP contribution is 2.24. The first-order valence-corrected chi connectivity index (χ1v) is 5.88. The molecule has 0 heterocycles. The number of methoxy groups -OCH3 is 1. The van der Waals surface area contributed by atoms with Crippen molar-refractivity contribution >= 4 is 18.0 Å². The van der Waals surface area contributed by atoms with Gasteiger partial charge in [-0.05, 0) is 17.2 Å². The highest BCUT2D eigenvalue weighted by atomic mass is 16.5. The highest BCUT2D eigenvalue weighted by molar-refractivity contribution is 5.85. The van der Waals surface area contributed by atoms with Crippen LogP contribution in [-0.4, -0.2) is 40.5 Å². The van der Waals surface area contributed by atoms with Gasteiger partial charge in [0, 0.05) is 6.08 Å². The first kappa shape index (κ1) is 15.9. The van der Waals surface area contributed by atoms with Crippen LogP contribution in [0, 0.1) is 0 Å². The van der Waals surface area contributed by atoms with E-state index in [9.17, 15) is 19.8 Å². The Morgan fingerprint density at radius 2 is 1.95 bits per heavy atom. The molecule has 0 fully saturated rings. The average Bonchev–Trinajstić information content (AvgIpc) is 2.44. The van der Waals surface area contributed by atoms with Gasteiger partial charge in [-0.1, -0.05) is 24.3 Å². The number of ether oxygens (including phenoxy) is 1.